The van der Waals surface area contributed by atoms with Gasteiger partial charge in [0.05, 0.1) is 0 Å². The third-order valence-corrected chi connectivity index (χ3v) is 3.65. The van der Waals surface area contributed by atoms with Crippen molar-refractivity contribution >= 4 is 21.4 Å². The molecule has 1 saturated heterocycles. The molecule has 1 aromatic heterocycles. The van der Waals surface area contributed by atoms with Gasteiger partial charge < -0.3 is 10.1 Å². The number of rotatable bonds is 2. The van der Waals surface area contributed by atoms with Crippen LogP contribution in [0.25, 0.3) is 10.1 Å². The molecule has 0 bridgehead atoms. The Morgan fingerprint density at radius 3 is 3.20 bits per heavy atom. The summed E-state index contributed by atoms with van der Waals surface area (Å²) in [5, 5.41) is 6.67. The van der Waals surface area contributed by atoms with E-state index in [9.17, 15) is 0 Å². The van der Waals surface area contributed by atoms with Crippen molar-refractivity contribution in [2.24, 2.45) is 0 Å². The number of benzene rings is 1. The molecule has 0 spiro atoms. The lowest BCUT2D eigenvalue weighted by atomic mass is 10.2. The maximum absolute atomic E-state index is 5.99. The Morgan fingerprint density at radius 2 is 2.33 bits per heavy atom. The molecule has 3 rings (SSSR count). The van der Waals surface area contributed by atoms with Gasteiger partial charge in [0.2, 0.25) is 0 Å². The second-order valence-corrected chi connectivity index (χ2v) is 4.77. The molecule has 1 N–H and O–H groups in total. The highest BCUT2D eigenvalue weighted by atomic mass is 32.1. The van der Waals surface area contributed by atoms with E-state index in [4.69, 9.17) is 4.74 Å². The van der Waals surface area contributed by atoms with Crippen molar-refractivity contribution in [1.82, 2.24) is 5.32 Å². The SMILES string of the molecule is c1cc(OC2CCNC2)c2ccsc2c1. The van der Waals surface area contributed by atoms with Crippen molar-refractivity contribution in [1.29, 1.82) is 0 Å². The van der Waals surface area contributed by atoms with Gasteiger partial charge in [0.25, 0.3) is 0 Å². The topological polar surface area (TPSA) is 21.3 Å². The number of hydrogen-bond donors (Lipinski definition) is 1. The summed E-state index contributed by atoms with van der Waals surface area (Å²) in [5.41, 5.74) is 0. The van der Waals surface area contributed by atoms with Crippen LogP contribution in [0, 0.1) is 0 Å². The van der Waals surface area contributed by atoms with Crippen LogP contribution in [0.4, 0.5) is 0 Å². The Labute approximate surface area is 92.9 Å². The Balaban J connectivity index is 1.92. The maximum Gasteiger partial charge on any atom is 0.128 e. The molecule has 1 atom stereocenters. The first-order valence-corrected chi connectivity index (χ1v) is 6.15. The van der Waals surface area contributed by atoms with E-state index in [1.54, 1.807) is 11.3 Å². The zero-order valence-corrected chi connectivity index (χ0v) is 9.22. The molecule has 1 unspecified atom stereocenters. The summed E-state index contributed by atoms with van der Waals surface area (Å²) >= 11 is 1.76. The molecule has 15 heavy (non-hydrogen) atoms. The second-order valence-electron chi connectivity index (χ2n) is 3.82. The fourth-order valence-electron chi connectivity index (χ4n) is 1.98. The smallest absolute Gasteiger partial charge is 0.128 e. The Morgan fingerprint density at radius 1 is 1.33 bits per heavy atom. The summed E-state index contributed by atoms with van der Waals surface area (Å²) in [4.78, 5) is 0. The minimum absolute atomic E-state index is 0.343. The van der Waals surface area contributed by atoms with Gasteiger partial charge in [-0.3, -0.25) is 0 Å². The first kappa shape index (κ1) is 9.19. The van der Waals surface area contributed by atoms with Crippen molar-refractivity contribution in [3.05, 3.63) is 29.6 Å². The fraction of sp³-hybridized carbons (Fsp3) is 0.333. The van der Waals surface area contributed by atoms with Crippen LogP contribution in [-0.4, -0.2) is 19.2 Å². The molecular formula is C12H13NOS. The molecule has 0 saturated carbocycles. The molecule has 0 aliphatic carbocycles. The van der Waals surface area contributed by atoms with Crippen molar-refractivity contribution in [3.63, 3.8) is 0 Å². The monoisotopic (exact) mass is 219 g/mol. The molecule has 1 aliphatic heterocycles. The summed E-state index contributed by atoms with van der Waals surface area (Å²) in [6, 6.07) is 8.40. The highest BCUT2D eigenvalue weighted by Crippen LogP contribution is 2.30. The van der Waals surface area contributed by atoms with E-state index < -0.39 is 0 Å². The minimum atomic E-state index is 0.343. The molecule has 1 aromatic carbocycles. The summed E-state index contributed by atoms with van der Waals surface area (Å²) in [7, 11) is 0. The van der Waals surface area contributed by atoms with E-state index in [2.05, 4.69) is 35.0 Å². The van der Waals surface area contributed by atoms with E-state index in [0.717, 1.165) is 25.3 Å². The Bertz CT molecular complexity index is 459. The van der Waals surface area contributed by atoms with Gasteiger partial charge in [0.1, 0.15) is 11.9 Å². The van der Waals surface area contributed by atoms with Gasteiger partial charge in [0.15, 0.2) is 0 Å². The van der Waals surface area contributed by atoms with E-state index in [1.807, 2.05) is 0 Å². The molecule has 0 amide bonds. The molecule has 2 heterocycles. The lowest BCUT2D eigenvalue weighted by molar-refractivity contribution is 0.226. The zero-order valence-electron chi connectivity index (χ0n) is 8.40. The standard InChI is InChI=1S/C12H13NOS/c1-2-11(14-9-4-6-13-8-9)10-5-7-15-12(10)3-1/h1-3,5,7,9,13H,4,6,8H2. The van der Waals surface area contributed by atoms with Gasteiger partial charge in [-0.15, -0.1) is 11.3 Å². The summed E-state index contributed by atoms with van der Waals surface area (Å²) in [5.74, 6) is 1.03. The van der Waals surface area contributed by atoms with Gasteiger partial charge in [-0.25, -0.2) is 0 Å². The highest BCUT2D eigenvalue weighted by molar-refractivity contribution is 7.17. The lowest BCUT2D eigenvalue weighted by Gasteiger charge is -2.13. The third kappa shape index (κ3) is 1.73. The van der Waals surface area contributed by atoms with Crippen LogP contribution in [0.1, 0.15) is 6.42 Å². The second kappa shape index (κ2) is 3.83. The van der Waals surface area contributed by atoms with Crippen LogP contribution in [-0.2, 0) is 0 Å². The van der Waals surface area contributed by atoms with Gasteiger partial charge in [-0.2, -0.15) is 0 Å². The van der Waals surface area contributed by atoms with Gasteiger partial charge in [0, 0.05) is 16.6 Å². The minimum Gasteiger partial charge on any atom is -0.488 e. The van der Waals surface area contributed by atoms with E-state index >= 15 is 0 Å². The van der Waals surface area contributed by atoms with Crippen LogP contribution < -0.4 is 10.1 Å². The Hall–Kier alpha value is -1.06. The number of thiophene rings is 1. The predicted molar refractivity (Wildman–Crippen MR) is 63.7 cm³/mol. The zero-order chi connectivity index (χ0) is 10.1. The van der Waals surface area contributed by atoms with Crippen LogP contribution in [0.2, 0.25) is 0 Å². The van der Waals surface area contributed by atoms with Crippen molar-refractivity contribution in [3.8, 4) is 5.75 Å². The predicted octanol–water partition coefficient (Wildman–Crippen LogP) is 2.64. The quantitative estimate of drug-likeness (QED) is 0.838. The Kier molecular flexibility index (Phi) is 2.35. The number of ether oxygens (including phenoxy) is 1. The molecule has 1 aliphatic rings. The average molecular weight is 219 g/mol. The van der Waals surface area contributed by atoms with Gasteiger partial charge in [-0.1, -0.05) is 6.07 Å². The molecular weight excluding hydrogens is 206 g/mol. The summed E-state index contributed by atoms with van der Waals surface area (Å²) < 4.78 is 7.30. The van der Waals surface area contributed by atoms with Gasteiger partial charge in [-0.05, 0) is 36.5 Å². The number of hydrogen-bond acceptors (Lipinski definition) is 3. The number of nitrogens with one attached hydrogen (secondary N) is 1. The average Bonchev–Trinajstić information content (AvgIpc) is 2.87. The number of fused-ring (bicyclic) bond motifs is 1. The highest BCUT2D eigenvalue weighted by Gasteiger charge is 2.16. The van der Waals surface area contributed by atoms with Crippen molar-refractivity contribution in [2.75, 3.05) is 13.1 Å². The molecule has 78 valence electrons. The van der Waals surface area contributed by atoms with E-state index in [1.165, 1.54) is 10.1 Å². The van der Waals surface area contributed by atoms with Crippen LogP contribution >= 0.6 is 11.3 Å². The van der Waals surface area contributed by atoms with Crippen LogP contribution in [0.15, 0.2) is 29.6 Å². The molecule has 1 fully saturated rings. The summed E-state index contributed by atoms with van der Waals surface area (Å²) in [6.07, 6.45) is 1.45. The van der Waals surface area contributed by atoms with E-state index in [-0.39, 0.29) is 0 Å². The largest absolute Gasteiger partial charge is 0.488 e. The molecule has 3 heteroatoms. The van der Waals surface area contributed by atoms with Gasteiger partial charge >= 0.3 is 0 Å². The first-order chi connectivity index (χ1) is 7.43. The maximum atomic E-state index is 5.99. The van der Waals surface area contributed by atoms with Crippen LogP contribution in [0.5, 0.6) is 5.75 Å². The van der Waals surface area contributed by atoms with E-state index in [0.29, 0.717) is 6.10 Å². The lowest BCUT2D eigenvalue weighted by Crippen LogP contribution is -2.19. The molecule has 2 aromatic rings. The first-order valence-electron chi connectivity index (χ1n) is 5.27. The summed E-state index contributed by atoms with van der Waals surface area (Å²) in [6.45, 7) is 2.05. The third-order valence-electron chi connectivity index (χ3n) is 2.76. The van der Waals surface area contributed by atoms with Crippen LogP contribution in [0.3, 0.4) is 0 Å². The van der Waals surface area contributed by atoms with Crippen molar-refractivity contribution < 1.29 is 4.74 Å². The fourth-order valence-corrected chi connectivity index (χ4v) is 2.78. The normalized spacial score (nSPS) is 20.9. The molecule has 2 nitrogen and oxygen atoms in total. The van der Waals surface area contributed by atoms with Crippen molar-refractivity contribution in [2.45, 2.75) is 12.5 Å². The molecule has 0 radical (unpaired) electrons.